The van der Waals surface area contributed by atoms with Crippen molar-refractivity contribution in [1.29, 1.82) is 0 Å². The first-order chi connectivity index (χ1) is 11.9. The number of benzene rings is 2. The fraction of sp³-hybridized carbons (Fsp3) is 0. The SMILES string of the molecule is c1ccc2ncc(-n3cc(-n4cccc4)c4ccccc43)cc2c1. The molecule has 3 heterocycles. The van der Waals surface area contributed by atoms with Crippen molar-refractivity contribution in [3.63, 3.8) is 0 Å². The molecule has 2 aromatic carbocycles. The van der Waals surface area contributed by atoms with Crippen LogP contribution in [0.5, 0.6) is 0 Å². The van der Waals surface area contributed by atoms with Gasteiger partial charge in [-0.2, -0.15) is 0 Å². The Morgan fingerprint density at radius 3 is 2.50 bits per heavy atom. The third-order valence-corrected chi connectivity index (χ3v) is 4.43. The molecular weight excluding hydrogens is 294 g/mol. The second-order valence-electron chi connectivity index (χ2n) is 5.88. The Morgan fingerprint density at radius 1 is 0.792 bits per heavy atom. The van der Waals surface area contributed by atoms with Gasteiger partial charge >= 0.3 is 0 Å². The Morgan fingerprint density at radius 2 is 1.58 bits per heavy atom. The van der Waals surface area contributed by atoms with Crippen molar-refractivity contribution in [1.82, 2.24) is 14.1 Å². The van der Waals surface area contributed by atoms with Crippen LogP contribution in [0.25, 0.3) is 33.2 Å². The van der Waals surface area contributed by atoms with Crippen molar-refractivity contribution in [3.8, 4) is 11.4 Å². The summed E-state index contributed by atoms with van der Waals surface area (Å²) < 4.78 is 4.36. The first kappa shape index (κ1) is 13.1. The predicted molar refractivity (Wildman–Crippen MR) is 97.9 cm³/mol. The number of para-hydroxylation sites is 2. The van der Waals surface area contributed by atoms with Crippen molar-refractivity contribution in [2.24, 2.45) is 0 Å². The summed E-state index contributed by atoms with van der Waals surface area (Å²) in [5.41, 5.74) is 4.44. The lowest BCUT2D eigenvalue weighted by Gasteiger charge is -2.06. The van der Waals surface area contributed by atoms with E-state index < -0.39 is 0 Å². The van der Waals surface area contributed by atoms with Gasteiger partial charge in [-0.1, -0.05) is 36.4 Å². The molecular formula is C21H15N3. The van der Waals surface area contributed by atoms with Crippen molar-refractivity contribution < 1.29 is 0 Å². The van der Waals surface area contributed by atoms with Crippen LogP contribution in [0.1, 0.15) is 0 Å². The molecule has 114 valence electrons. The normalized spacial score (nSPS) is 11.3. The molecule has 0 saturated carbocycles. The monoisotopic (exact) mass is 309 g/mol. The standard InChI is InChI=1S/C21H15N3/c1-3-9-19-16(7-1)13-17(14-22-19)24-15-21(23-11-5-6-12-23)18-8-2-4-10-20(18)24/h1-15H. The van der Waals surface area contributed by atoms with E-state index >= 15 is 0 Å². The summed E-state index contributed by atoms with van der Waals surface area (Å²) in [4.78, 5) is 4.61. The minimum atomic E-state index is 1.02. The molecule has 0 bridgehead atoms. The van der Waals surface area contributed by atoms with Crippen LogP contribution in [0.3, 0.4) is 0 Å². The van der Waals surface area contributed by atoms with E-state index in [1.54, 1.807) is 0 Å². The van der Waals surface area contributed by atoms with Gasteiger partial charge in [0, 0.05) is 29.4 Å². The van der Waals surface area contributed by atoms with Gasteiger partial charge in [0.15, 0.2) is 0 Å². The van der Waals surface area contributed by atoms with Gasteiger partial charge in [0.05, 0.1) is 28.6 Å². The van der Waals surface area contributed by atoms with E-state index in [0.29, 0.717) is 0 Å². The summed E-state index contributed by atoms with van der Waals surface area (Å²) in [6.07, 6.45) is 8.26. The van der Waals surface area contributed by atoms with Crippen LogP contribution in [0, 0.1) is 0 Å². The van der Waals surface area contributed by atoms with E-state index in [1.165, 1.54) is 16.6 Å². The lowest BCUT2D eigenvalue weighted by Crippen LogP contribution is -1.93. The van der Waals surface area contributed by atoms with Crippen LogP contribution in [0.2, 0.25) is 0 Å². The largest absolute Gasteiger partial charge is 0.322 e. The number of nitrogens with zero attached hydrogens (tertiary/aromatic N) is 3. The zero-order valence-corrected chi connectivity index (χ0v) is 13.0. The molecule has 0 atom stereocenters. The maximum Gasteiger partial charge on any atom is 0.0711 e. The molecule has 3 heteroatoms. The fourth-order valence-corrected chi connectivity index (χ4v) is 3.27. The van der Waals surface area contributed by atoms with Gasteiger partial charge in [-0.3, -0.25) is 4.98 Å². The minimum Gasteiger partial charge on any atom is -0.322 e. The predicted octanol–water partition coefficient (Wildman–Crippen LogP) is 4.97. The van der Waals surface area contributed by atoms with Crippen LogP contribution in [0.4, 0.5) is 0 Å². The molecule has 0 unspecified atom stereocenters. The quantitative estimate of drug-likeness (QED) is 0.451. The topological polar surface area (TPSA) is 22.8 Å². The molecule has 0 aliphatic heterocycles. The molecule has 0 saturated heterocycles. The number of rotatable bonds is 2. The minimum absolute atomic E-state index is 1.02. The molecule has 3 aromatic heterocycles. The zero-order valence-electron chi connectivity index (χ0n) is 13.0. The molecule has 0 radical (unpaired) electrons. The van der Waals surface area contributed by atoms with Gasteiger partial charge in [-0.15, -0.1) is 0 Å². The van der Waals surface area contributed by atoms with E-state index in [-0.39, 0.29) is 0 Å². The van der Waals surface area contributed by atoms with Gasteiger partial charge in [-0.05, 0) is 30.3 Å². The van der Waals surface area contributed by atoms with Crippen LogP contribution in [0.15, 0.2) is 91.5 Å². The van der Waals surface area contributed by atoms with E-state index in [4.69, 9.17) is 0 Å². The molecule has 3 nitrogen and oxygen atoms in total. The summed E-state index contributed by atoms with van der Waals surface area (Å²) in [6, 6.07) is 23.0. The highest BCUT2D eigenvalue weighted by Gasteiger charge is 2.11. The molecule has 5 rings (SSSR count). The number of fused-ring (bicyclic) bond motifs is 2. The smallest absolute Gasteiger partial charge is 0.0711 e. The summed E-state index contributed by atoms with van der Waals surface area (Å²) in [6.45, 7) is 0. The molecule has 0 N–H and O–H groups in total. The van der Waals surface area contributed by atoms with E-state index in [0.717, 1.165) is 16.6 Å². The Labute approximate surface area is 139 Å². The highest BCUT2D eigenvalue weighted by molar-refractivity contribution is 5.91. The van der Waals surface area contributed by atoms with E-state index in [1.807, 2.05) is 36.5 Å². The third-order valence-electron chi connectivity index (χ3n) is 4.43. The Hall–Kier alpha value is -3.33. The molecule has 0 fully saturated rings. The molecule has 24 heavy (non-hydrogen) atoms. The molecule has 0 aliphatic rings. The van der Waals surface area contributed by atoms with Crippen LogP contribution < -0.4 is 0 Å². The van der Waals surface area contributed by atoms with Crippen LogP contribution >= 0.6 is 0 Å². The van der Waals surface area contributed by atoms with E-state index in [2.05, 4.69) is 69.1 Å². The highest BCUT2D eigenvalue weighted by Crippen LogP contribution is 2.28. The zero-order chi connectivity index (χ0) is 15.9. The summed E-state index contributed by atoms with van der Waals surface area (Å²) in [7, 11) is 0. The average Bonchev–Trinajstić information content (AvgIpc) is 3.29. The van der Waals surface area contributed by atoms with Crippen LogP contribution in [-0.2, 0) is 0 Å². The average molecular weight is 309 g/mol. The molecule has 0 spiro atoms. The maximum atomic E-state index is 4.61. The first-order valence-corrected chi connectivity index (χ1v) is 7.99. The Balaban J connectivity index is 1.79. The number of hydrogen-bond donors (Lipinski definition) is 0. The Kier molecular flexibility index (Phi) is 2.79. The second kappa shape index (κ2) is 5.10. The van der Waals surface area contributed by atoms with Crippen molar-refractivity contribution >= 4 is 21.8 Å². The second-order valence-corrected chi connectivity index (χ2v) is 5.88. The van der Waals surface area contributed by atoms with Crippen molar-refractivity contribution in [2.75, 3.05) is 0 Å². The number of aromatic nitrogens is 3. The van der Waals surface area contributed by atoms with Gasteiger partial charge in [0.2, 0.25) is 0 Å². The molecule has 0 aliphatic carbocycles. The van der Waals surface area contributed by atoms with Gasteiger partial charge in [0.1, 0.15) is 0 Å². The lowest BCUT2D eigenvalue weighted by molar-refractivity contribution is 1.05. The maximum absolute atomic E-state index is 4.61. The summed E-state index contributed by atoms with van der Waals surface area (Å²) in [5.74, 6) is 0. The van der Waals surface area contributed by atoms with Gasteiger partial charge in [0.25, 0.3) is 0 Å². The number of hydrogen-bond acceptors (Lipinski definition) is 1. The van der Waals surface area contributed by atoms with Gasteiger partial charge < -0.3 is 9.13 Å². The van der Waals surface area contributed by atoms with Crippen molar-refractivity contribution in [2.45, 2.75) is 0 Å². The summed E-state index contributed by atoms with van der Waals surface area (Å²) >= 11 is 0. The highest BCUT2D eigenvalue weighted by atomic mass is 15.0. The molecule has 5 aromatic rings. The lowest BCUT2D eigenvalue weighted by atomic mass is 10.2. The van der Waals surface area contributed by atoms with Gasteiger partial charge in [-0.25, -0.2) is 0 Å². The van der Waals surface area contributed by atoms with Crippen LogP contribution in [-0.4, -0.2) is 14.1 Å². The van der Waals surface area contributed by atoms with E-state index in [9.17, 15) is 0 Å². The first-order valence-electron chi connectivity index (χ1n) is 7.99. The third kappa shape index (κ3) is 1.95. The number of pyridine rings is 1. The van der Waals surface area contributed by atoms with Crippen molar-refractivity contribution in [3.05, 3.63) is 91.5 Å². The molecule has 0 amide bonds. The fourth-order valence-electron chi connectivity index (χ4n) is 3.27. The Bertz CT molecular complexity index is 1150. The summed E-state index contributed by atoms with van der Waals surface area (Å²) in [5, 5.41) is 2.37.